The second-order valence-corrected chi connectivity index (χ2v) is 5.30. The molecule has 0 spiro atoms. The van der Waals surface area contributed by atoms with Gasteiger partial charge in [0.1, 0.15) is 5.82 Å². The Morgan fingerprint density at radius 2 is 2.26 bits per heavy atom. The zero-order chi connectivity index (χ0) is 13.1. The summed E-state index contributed by atoms with van der Waals surface area (Å²) in [6.07, 6.45) is 6.46. The monoisotopic (exact) mass is 270 g/mol. The van der Waals surface area contributed by atoms with E-state index in [9.17, 15) is 0 Å². The number of aromatic nitrogens is 3. The number of hydrogen-bond acceptors (Lipinski definition) is 4. The predicted octanol–water partition coefficient (Wildman–Crippen LogP) is 2.83. The Morgan fingerprint density at radius 1 is 1.32 bits per heavy atom. The molecule has 3 aromatic heterocycles. The van der Waals surface area contributed by atoms with E-state index in [4.69, 9.17) is 5.73 Å². The maximum absolute atomic E-state index is 5.73. The lowest BCUT2D eigenvalue weighted by Gasteiger charge is -2.07. The summed E-state index contributed by atoms with van der Waals surface area (Å²) in [5.74, 6) is 0.531. The van der Waals surface area contributed by atoms with Crippen LogP contribution >= 0.6 is 11.3 Å². The third-order valence-corrected chi connectivity index (χ3v) is 3.90. The van der Waals surface area contributed by atoms with Gasteiger partial charge in [0.2, 0.25) is 0 Å². The standard InChI is InChI=1S/C14H14N4S/c15-14-8-11(3-5-17-14)13-9-16-10-18(13)6-4-12-2-1-7-19-12/h1-3,5,7-10H,4,6H2,(H2,15,17). The Balaban J connectivity index is 1.82. The van der Waals surface area contributed by atoms with Gasteiger partial charge in [0.25, 0.3) is 0 Å². The van der Waals surface area contributed by atoms with E-state index in [0.717, 1.165) is 24.2 Å². The third kappa shape index (κ3) is 2.66. The minimum absolute atomic E-state index is 0.531. The number of rotatable bonds is 4. The number of nitrogens with two attached hydrogens (primary N) is 1. The predicted molar refractivity (Wildman–Crippen MR) is 77.9 cm³/mol. The number of aryl methyl sites for hydroxylation is 2. The van der Waals surface area contributed by atoms with Gasteiger partial charge in [0.15, 0.2) is 0 Å². The summed E-state index contributed by atoms with van der Waals surface area (Å²) in [4.78, 5) is 9.63. The van der Waals surface area contributed by atoms with Gasteiger partial charge in [0, 0.05) is 23.2 Å². The number of hydrogen-bond donors (Lipinski definition) is 1. The van der Waals surface area contributed by atoms with Crippen LogP contribution in [-0.4, -0.2) is 14.5 Å². The molecule has 0 fully saturated rings. The molecular formula is C14H14N4S. The molecule has 3 rings (SSSR count). The lowest BCUT2D eigenvalue weighted by molar-refractivity contribution is 0.707. The molecule has 0 aliphatic rings. The van der Waals surface area contributed by atoms with Crippen molar-refractivity contribution in [2.45, 2.75) is 13.0 Å². The molecule has 2 N–H and O–H groups in total. The van der Waals surface area contributed by atoms with Gasteiger partial charge in [-0.2, -0.15) is 0 Å². The Labute approximate surface area is 115 Å². The van der Waals surface area contributed by atoms with E-state index < -0.39 is 0 Å². The number of pyridine rings is 1. The van der Waals surface area contributed by atoms with Gasteiger partial charge in [-0.1, -0.05) is 6.07 Å². The molecule has 0 aromatic carbocycles. The second-order valence-electron chi connectivity index (χ2n) is 4.27. The van der Waals surface area contributed by atoms with E-state index in [2.05, 4.69) is 32.0 Å². The average Bonchev–Trinajstić information content (AvgIpc) is 3.08. The molecule has 0 saturated carbocycles. The molecule has 96 valence electrons. The normalized spacial score (nSPS) is 10.7. The summed E-state index contributed by atoms with van der Waals surface area (Å²) in [7, 11) is 0. The molecule has 0 aliphatic heterocycles. The van der Waals surface area contributed by atoms with E-state index in [1.807, 2.05) is 24.7 Å². The molecule has 0 unspecified atom stereocenters. The minimum Gasteiger partial charge on any atom is -0.384 e. The van der Waals surface area contributed by atoms with E-state index in [0.29, 0.717) is 5.82 Å². The molecule has 4 nitrogen and oxygen atoms in total. The summed E-state index contributed by atoms with van der Waals surface area (Å²) in [5, 5.41) is 2.10. The van der Waals surface area contributed by atoms with Gasteiger partial charge in [-0.15, -0.1) is 11.3 Å². The van der Waals surface area contributed by atoms with Crippen LogP contribution in [0.3, 0.4) is 0 Å². The van der Waals surface area contributed by atoms with Crippen LogP contribution < -0.4 is 5.73 Å². The number of nitrogens with zero attached hydrogens (tertiary/aromatic N) is 3. The SMILES string of the molecule is Nc1cc(-c2cncn2CCc2cccs2)ccn1. The van der Waals surface area contributed by atoms with Gasteiger partial charge >= 0.3 is 0 Å². The summed E-state index contributed by atoms with van der Waals surface area (Å²) < 4.78 is 2.15. The van der Waals surface area contributed by atoms with Crippen molar-refractivity contribution in [3.8, 4) is 11.3 Å². The molecule has 3 aromatic rings. The van der Waals surface area contributed by atoms with Crippen LogP contribution in [0.5, 0.6) is 0 Å². The fourth-order valence-corrected chi connectivity index (χ4v) is 2.73. The Kier molecular flexibility index (Phi) is 3.29. The first kappa shape index (κ1) is 11.9. The van der Waals surface area contributed by atoms with Crippen molar-refractivity contribution in [2.75, 3.05) is 5.73 Å². The molecule has 0 atom stereocenters. The molecule has 0 saturated heterocycles. The maximum atomic E-state index is 5.73. The second kappa shape index (κ2) is 5.24. The van der Waals surface area contributed by atoms with E-state index in [-0.39, 0.29) is 0 Å². The molecular weight excluding hydrogens is 256 g/mol. The van der Waals surface area contributed by atoms with Crippen LogP contribution in [0.25, 0.3) is 11.3 Å². The van der Waals surface area contributed by atoms with Gasteiger partial charge < -0.3 is 10.3 Å². The van der Waals surface area contributed by atoms with Crippen LogP contribution in [0.4, 0.5) is 5.82 Å². The highest BCUT2D eigenvalue weighted by atomic mass is 32.1. The average molecular weight is 270 g/mol. The first-order valence-corrected chi connectivity index (χ1v) is 6.95. The molecule has 0 amide bonds. The van der Waals surface area contributed by atoms with Crippen molar-refractivity contribution >= 4 is 17.2 Å². The molecule has 5 heteroatoms. The summed E-state index contributed by atoms with van der Waals surface area (Å²) in [6, 6.07) is 8.07. The Hall–Kier alpha value is -2.14. The van der Waals surface area contributed by atoms with Crippen LogP contribution in [0.2, 0.25) is 0 Å². The highest BCUT2D eigenvalue weighted by molar-refractivity contribution is 7.09. The molecule has 0 bridgehead atoms. The van der Waals surface area contributed by atoms with Crippen molar-refractivity contribution in [1.29, 1.82) is 0 Å². The van der Waals surface area contributed by atoms with E-state index in [1.54, 1.807) is 17.5 Å². The van der Waals surface area contributed by atoms with Gasteiger partial charge in [-0.25, -0.2) is 9.97 Å². The summed E-state index contributed by atoms with van der Waals surface area (Å²) in [6.45, 7) is 0.915. The first-order valence-electron chi connectivity index (χ1n) is 6.07. The smallest absolute Gasteiger partial charge is 0.123 e. The minimum atomic E-state index is 0.531. The highest BCUT2D eigenvalue weighted by Gasteiger charge is 2.06. The lowest BCUT2D eigenvalue weighted by Crippen LogP contribution is -2.01. The molecule has 0 radical (unpaired) electrons. The fraction of sp³-hybridized carbons (Fsp3) is 0.143. The topological polar surface area (TPSA) is 56.7 Å². The number of thiophene rings is 1. The van der Waals surface area contributed by atoms with Crippen LogP contribution in [0, 0.1) is 0 Å². The summed E-state index contributed by atoms with van der Waals surface area (Å²) in [5.41, 5.74) is 7.85. The summed E-state index contributed by atoms with van der Waals surface area (Å²) >= 11 is 1.79. The van der Waals surface area contributed by atoms with Crippen LogP contribution in [0.1, 0.15) is 4.88 Å². The maximum Gasteiger partial charge on any atom is 0.123 e. The highest BCUT2D eigenvalue weighted by Crippen LogP contribution is 2.20. The molecule has 0 aliphatic carbocycles. The van der Waals surface area contributed by atoms with Crippen molar-refractivity contribution in [3.05, 3.63) is 53.2 Å². The van der Waals surface area contributed by atoms with Gasteiger partial charge in [-0.05, 0) is 30.0 Å². The molecule has 3 heterocycles. The number of anilines is 1. The van der Waals surface area contributed by atoms with Crippen molar-refractivity contribution in [2.24, 2.45) is 0 Å². The number of imidazole rings is 1. The largest absolute Gasteiger partial charge is 0.384 e. The Morgan fingerprint density at radius 3 is 3.05 bits per heavy atom. The lowest BCUT2D eigenvalue weighted by atomic mass is 10.2. The first-order chi connectivity index (χ1) is 9.33. The van der Waals surface area contributed by atoms with Crippen molar-refractivity contribution in [1.82, 2.24) is 14.5 Å². The van der Waals surface area contributed by atoms with Crippen LogP contribution in [-0.2, 0) is 13.0 Å². The van der Waals surface area contributed by atoms with E-state index >= 15 is 0 Å². The Bertz CT molecular complexity index is 658. The van der Waals surface area contributed by atoms with Crippen LogP contribution in [0.15, 0.2) is 48.4 Å². The van der Waals surface area contributed by atoms with Gasteiger partial charge in [-0.3, -0.25) is 0 Å². The molecule has 19 heavy (non-hydrogen) atoms. The number of nitrogen functional groups attached to an aromatic ring is 1. The zero-order valence-electron chi connectivity index (χ0n) is 10.4. The third-order valence-electron chi connectivity index (χ3n) is 2.97. The van der Waals surface area contributed by atoms with Crippen molar-refractivity contribution < 1.29 is 0 Å². The van der Waals surface area contributed by atoms with Gasteiger partial charge in [0.05, 0.1) is 18.2 Å². The quantitative estimate of drug-likeness (QED) is 0.793. The fourth-order valence-electron chi connectivity index (χ4n) is 2.03. The zero-order valence-corrected chi connectivity index (χ0v) is 11.2. The van der Waals surface area contributed by atoms with E-state index in [1.165, 1.54) is 4.88 Å². The van der Waals surface area contributed by atoms with Crippen molar-refractivity contribution in [3.63, 3.8) is 0 Å².